The van der Waals surface area contributed by atoms with Crippen LogP contribution in [-0.4, -0.2) is 23.6 Å². The lowest BCUT2D eigenvalue weighted by atomic mass is 10.1. The first-order valence-electron chi connectivity index (χ1n) is 5.14. The number of ether oxygens (including phenoxy) is 1. The van der Waals surface area contributed by atoms with Gasteiger partial charge in [-0.15, -0.1) is 0 Å². The summed E-state index contributed by atoms with van der Waals surface area (Å²) in [7, 11) is 0. The Morgan fingerprint density at radius 2 is 2.12 bits per heavy atom. The van der Waals surface area contributed by atoms with Crippen LogP contribution in [0.15, 0.2) is 18.2 Å². The van der Waals surface area contributed by atoms with Gasteiger partial charge in [0.15, 0.2) is 0 Å². The van der Waals surface area contributed by atoms with Gasteiger partial charge in [-0.3, -0.25) is 0 Å². The largest absolute Gasteiger partial charge is 0.493 e. The van der Waals surface area contributed by atoms with Gasteiger partial charge in [0.25, 0.3) is 0 Å². The van der Waals surface area contributed by atoms with Crippen molar-refractivity contribution in [3.63, 3.8) is 0 Å². The van der Waals surface area contributed by atoms with E-state index in [4.69, 9.17) is 9.84 Å². The summed E-state index contributed by atoms with van der Waals surface area (Å²) >= 11 is 0. The standard InChI is InChI=1S/C12H14F2O3/c1-8-7-9(11(15)16)3-4-10(8)17-6-5-12(2,13)14/h3-4,7H,5-6H2,1-2H3,(H,15,16). The number of rotatable bonds is 5. The molecule has 3 nitrogen and oxygen atoms in total. The molecule has 0 heterocycles. The number of carboxylic acids is 1. The van der Waals surface area contributed by atoms with E-state index in [1.807, 2.05) is 0 Å². The van der Waals surface area contributed by atoms with E-state index in [0.29, 0.717) is 11.3 Å². The minimum atomic E-state index is -2.76. The first-order chi connectivity index (χ1) is 7.79. The van der Waals surface area contributed by atoms with E-state index < -0.39 is 11.9 Å². The summed E-state index contributed by atoms with van der Waals surface area (Å²) in [6.07, 6.45) is -0.368. The average molecular weight is 244 g/mol. The summed E-state index contributed by atoms with van der Waals surface area (Å²) in [6, 6.07) is 4.31. The van der Waals surface area contributed by atoms with Gasteiger partial charge >= 0.3 is 5.97 Å². The van der Waals surface area contributed by atoms with Gasteiger partial charge in [-0.2, -0.15) is 0 Å². The minimum absolute atomic E-state index is 0.100. The second kappa shape index (κ2) is 5.12. The highest BCUT2D eigenvalue weighted by atomic mass is 19.3. The SMILES string of the molecule is Cc1cc(C(=O)O)ccc1OCCC(C)(F)F. The van der Waals surface area contributed by atoms with Crippen LogP contribution in [0.25, 0.3) is 0 Å². The van der Waals surface area contributed by atoms with Crippen molar-refractivity contribution in [3.05, 3.63) is 29.3 Å². The zero-order chi connectivity index (χ0) is 13.1. The van der Waals surface area contributed by atoms with Gasteiger partial charge in [0.05, 0.1) is 12.2 Å². The highest BCUT2D eigenvalue weighted by molar-refractivity contribution is 5.88. The Morgan fingerprint density at radius 1 is 1.47 bits per heavy atom. The van der Waals surface area contributed by atoms with Crippen LogP contribution in [0, 0.1) is 6.92 Å². The molecule has 1 aromatic carbocycles. The molecule has 94 valence electrons. The maximum atomic E-state index is 12.5. The molecule has 0 atom stereocenters. The molecule has 0 aliphatic heterocycles. The van der Waals surface area contributed by atoms with Crippen molar-refractivity contribution in [2.75, 3.05) is 6.61 Å². The number of alkyl halides is 2. The number of halogens is 2. The average Bonchev–Trinajstić information content (AvgIpc) is 2.18. The molecule has 0 saturated heterocycles. The molecular formula is C12H14F2O3. The maximum Gasteiger partial charge on any atom is 0.335 e. The lowest BCUT2D eigenvalue weighted by Gasteiger charge is -2.12. The number of hydrogen-bond donors (Lipinski definition) is 1. The summed E-state index contributed by atoms with van der Waals surface area (Å²) in [4.78, 5) is 10.7. The minimum Gasteiger partial charge on any atom is -0.493 e. The summed E-state index contributed by atoms with van der Waals surface area (Å²) in [5.41, 5.74) is 0.764. The summed E-state index contributed by atoms with van der Waals surface area (Å²) in [5.74, 6) is -3.35. The van der Waals surface area contributed by atoms with Crippen LogP contribution in [0.4, 0.5) is 8.78 Å². The predicted molar refractivity (Wildman–Crippen MR) is 58.9 cm³/mol. The molecule has 0 radical (unpaired) electrons. The van der Waals surface area contributed by atoms with Gasteiger partial charge < -0.3 is 9.84 Å². The second-order valence-corrected chi connectivity index (χ2v) is 3.95. The first-order valence-corrected chi connectivity index (χ1v) is 5.14. The molecule has 0 amide bonds. The van der Waals surface area contributed by atoms with Crippen LogP contribution < -0.4 is 4.74 Å². The fourth-order valence-corrected chi connectivity index (χ4v) is 1.28. The Balaban J connectivity index is 2.64. The Labute approximate surface area is 98.0 Å². The van der Waals surface area contributed by atoms with Gasteiger partial charge in [0.2, 0.25) is 5.92 Å². The number of hydrogen-bond acceptors (Lipinski definition) is 2. The molecular weight excluding hydrogens is 230 g/mol. The number of carbonyl (C=O) groups is 1. The number of aryl methyl sites for hydroxylation is 1. The Morgan fingerprint density at radius 3 is 2.59 bits per heavy atom. The van der Waals surface area contributed by atoms with Crippen LogP contribution in [0.3, 0.4) is 0 Å². The molecule has 5 heteroatoms. The van der Waals surface area contributed by atoms with Crippen LogP contribution >= 0.6 is 0 Å². The molecule has 17 heavy (non-hydrogen) atoms. The molecule has 0 aliphatic rings. The van der Waals surface area contributed by atoms with Crippen molar-refractivity contribution in [3.8, 4) is 5.75 Å². The highest BCUT2D eigenvalue weighted by Gasteiger charge is 2.20. The number of carboxylic acid groups (broad SMARTS) is 1. The van der Waals surface area contributed by atoms with Crippen molar-refractivity contribution >= 4 is 5.97 Å². The van der Waals surface area contributed by atoms with Crippen molar-refractivity contribution in [1.82, 2.24) is 0 Å². The number of benzene rings is 1. The Kier molecular flexibility index (Phi) is 4.04. The molecule has 1 aromatic rings. The monoisotopic (exact) mass is 244 g/mol. The van der Waals surface area contributed by atoms with E-state index >= 15 is 0 Å². The number of aromatic carboxylic acids is 1. The van der Waals surface area contributed by atoms with Crippen LogP contribution in [0.5, 0.6) is 5.75 Å². The molecule has 0 aliphatic carbocycles. The van der Waals surface area contributed by atoms with E-state index in [2.05, 4.69) is 0 Å². The molecule has 0 saturated carbocycles. The molecule has 1 N–H and O–H groups in total. The normalized spacial score (nSPS) is 11.3. The summed E-state index contributed by atoms with van der Waals surface area (Å²) < 4.78 is 30.3. The summed E-state index contributed by atoms with van der Waals surface area (Å²) in [5, 5.41) is 8.74. The Bertz CT molecular complexity index is 411. The van der Waals surface area contributed by atoms with Crippen molar-refractivity contribution in [2.45, 2.75) is 26.2 Å². The lowest BCUT2D eigenvalue weighted by Crippen LogP contribution is -2.15. The van der Waals surface area contributed by atoms with Gasteiger partial charge in [0, 0.05) is 6.42 Å². The zero-order valence-corrected chi connectivity index (χ0v) is 9.67. The molecule has 0 aromatic heterocycles. The zero-order valence-electron chi connectivity index (χ0n) is 9.67. The molecule has 1 rings (SSSR count). The Hall–Kier alpha value is -1.65. The first kappa shape index (κ1) is 13.4. The third-order valence-corrected chi connectivity index (χ3v) is 2.22. The van der Waals surface area contributed by atoms with Crippen molar-refractivity contribution in [1.29, 1.82) is 0 Å². The van der Waals surface area contributed by atoms with Crippen LogP contribution in [0.1, 0.15) is 29.3 Å². The molecule has 0 fully saturated rings. The van der Waals surface area contributed by atoms with E-state index in [9.17, 15) is 13.6 Å². The van der Waals surface area contributed by atoms with Gasteiger partial charge in [0.1, 0.15) is 5.75 Å². The fraction of sp³-hybridized carbons (Fsp3) is 0.417. The van der Waals surface area contributed by atoms with E-state index in [1.165, 1.54) is 18.2 Å². The predicted octanol–water partition coefficient (Wildman–Crippen LogP) is 3.12. The maximum absolute atomic E-state index is 12.5. The topological polar surface area (TPSA) is 46.5 Å². The van der Waals surface area contributed by atoms with Gasteiger partial charge in [-0.1, -0.05) is 0 Å². The highest BCUT2D eigenvalue weighted by Crippen LogP contribution is 2.21. The van der Waals surface area contributed by atoms with Gasteiger partial charge in [-0.05, 0) is 37.6 Å². The van der Waals surface area contributed by atoms with Crippen molar-refractivity contribution < 1.29 is 23.4 Å². The third-order valence-electron chi connectivity index (χ3n) is 2.22. The smallest absolute Gasteiger partial charge is 0.335 e. The van der Waals surface area contributed by atoms with E-state index in [0.717, 1.165) is 6.92 Å². The van der Waals surface area contributed by atoms with Crippen LogP contribution in [-0.2, 0) is 0 Å². The van der Waals surface area contributed by atoms with Gasteiger partial charge in [-0.25, -0.2) is 13.6 Å². The van der Waals surface area contributed by atoms with Crippen molar-refractivity contribution in [2.24, 2.45) is 0 Å². The quantitative estimate of drug-likeness (QED) is 0.865. The van der Waals surface area contributed by atoms with E-state index in [-0.39, 0.29) is 18.6 Å². The van der Waals surface area contributed by atoms with E-state index in [1.54, 1.807) is 6.92 Å². The lowest BCUT2D eigenvalue weighted by molar-refractivity contribution is 0.000787. The molecule has 0 unspecified atom stereocenters. The molecule has 0 bridgehead atoms. The second-order valence-electron chi connectivity index (χ2n) is 3.95. The molecule has 0 spiro atoms. The summed E-state index contributed by atoms with van der Waals surface area (Å²) in [6.45, 7) is 2.40. The third kappa shape index (κ3) is 4.38. The van der Waals surface area contributed by atoms with Crippen LogP contribution in [0.2, 0.25) is 0 Å². The fourth-order valence-electron chi connectivity index (χ4n) is 1.28.